The predicted octanol–water partition coefficient (Wildman–Crippen LogP) is 0.628. The zero-order chi connectivity index (χ0) is 17.2. The molecule has 0 unspecified atom stereocenters. The van der Waals surface area contributed by atoms with E-state index in [0.29, 0.717) is 0 Å². The van der Waals surface area contributed by atoms with Crippen LogP contribution in [-0.4, -0.2) is 32.7 Å². The molecule has 0 bridgehead atoms. The highest BCUT2D eigenvalue weighted by molar-refractivity contribution is 5.77. The summed E-state index contributed by atoms with van der Waals surface area (Å²) in [6.07, 6.45) is 3.90. The van der Waals surface area contributed by atoms with Crippen LogP contribution in [0.2, 0.25) is 0 Å². The van der Waals surface area contributed by atoms with Crippen molar-refractivity contribution < 1.29 is 4.79 Å². The lowest BCUT2D eigenvalue weighted by Crippen LogP contribution is -2.48. The normalized spacial score (nSPS) is 16.3. The van der Waals surface area contributed by atoms with E-state index in [1.165, 1.54) is 0 Å². The molecule has 24 heavy (non-hydrogen) atoms. The molecule has 4 N–H and O–H groups in total. The minimum absolute atomic E-state index is 0.135. The molecule has 128 valence electrons. The van der Waals surface area contributed by atoms with Gasteiger partial charge < -0.3 is 0 Å². The lowest BCUT2D eigenvalue weighted by molar-refractivity contribution is -0.120. The maximum Gasteiger partial charge on any atom is 0.247 e. The average molecular weight is 329 g/mol. The van der Waals surface area contributed by atoms with Crippen LogP contribution in [0.1, 0.15) is 42.6 Å². The Morgan fingerprint density at radius 1 is 1.29 bits per heavy atom. The van der Waals surface area contributed by atoms with Crippen LogP contribution in [0, 0.1) is 13.8 Å². The Bertz CT molecular complexity index is 714. The molecule has 1 heterocycles. The van der Waals surface area contributed by atoms with Gasteiger partial charge in [0.15, 0.2) is 5.82 Å². The summed E-state index contributed by atoms with van der Waals surface area (Å²) in [5.74, 6) is 5.69. The summed E-state index contributed by atoms with van der Waals surface area (Å²) in [5.41, 5.74) is 4.95. The molecule has 1 amide bonds. The topological polar surface area (TPSA) is 111 Å². The molecule has 0 atom stereocenters. The zero-order valence-electron chi connectivity index (χ0n) is 14.0. The van der Waals surface area contributed by atoms with Crippen molar-refractivity contribution in [1.82, 2.24) is 30.9 Å². The van der Waals surface area contributed by atoms with E-state index in [2.05, 4.69) is 26.3 Å². The van der Waals surface area contributed by atoms with Gasteiger partial charge in [-0.15, -0.1) is 5.10 Å². The summed E-state index contributed by atoms with van der Waals surface area (Å²) in [6, 6.07) is 6.11. The number of carbonyl (C=O) groups is 1. The van der Waals surface area contributed by atoms with E-state index in [4.69, 9.17) is 5.84 Å². The first-order valence-corrected chi connectivity index (χ1v) is 8.17. The van der Waals surface area contributed by atoms with E-state index < -0.39 is 5.54 Å². The van der Waals surface area contributed by atoms with Crippen molar-refractivity contribution in [3.8, 4) is 5.69 Å². The SMILES string of the molecule is Cc1cccc(C)c1-n1nnnc1C1(NCC(=O)NN)CCCC1. The van der Waals surface area contributed by atoms with Gasteiger partial charge in [0.25, 0.3) is 0 Å². The minimum Gasteiger partial charge on any atom is -0.296 e. The summed E-state index contributed by atoms with van der Waals surface area (Å²) in [5, 5.41) is 15.8. The Hall–Kier alpha value is -2.32. The van der Waals surface area contributed by atoms with Crippen LogP contribution in [0.25, 0.3) is 5.69 Å². The number of tetrazole rings is 1. The van der Waals surface area contributed by atoms with Gasteiger partial charge in [0.05, 0.1) is 17.8 Å². The Kier molecular flexibility index (Phi) is 4.59. The standard InChI is InChI=1S/C16H23N7O/c1-11-6-5-7-12(2)14(11)23-15(20-21-22-23)16(8-3-4-9-16)18-10-13(24)19-17/h5-7,18H,3-4,8-10,17H2,1-2H3,(H,19,24). The average Bonchev–Trinajstić information content (AvgIpc) is 3.22. The Balaban J connectivity index is 2.02. The summed E-state index contributed by atoms with van der Waals surface area (Å²) in [7, 11) is 0. The van der Waals surface area contributed by atoms with Crippen molar-refractivity contribution in [2.45, 2.75) is 45.1 Å². The number of aromatic nitrogens is 4. The molecule has 1 aliphatic rings. The predicted molar refractivity (Wildman–Crippen MR) is 89.1 cm³/mol. The van der Waals surface area contributed by atoms with Crippen LogP contribution in [0.3, 0.4) is 0 Å². The highest BCUT2D eigenvalue weighted by atomic mass is 16.2. The third-order valence-electron chi connectivity index (χ3n) is 4.75. The number of nitrogens with one attached hydrogen (secondary N) is 2. The first kappa shape index (κ1) is 16.5. The van der Waals surface area contributed by atoms with Gasteiger partial charge in [-0.3, -0.25) is 15.5 Å². The van der Waals surface area contributed by atoms with Crippen LogP contribution in [0.5, 0.6) is 0 Å². The van der Waals surface area contributed by atoms with Crippen molar-refractivity contribution >= 4 is 5.91 Å². The monoisotopic (exact) mass is 329 g/mol. The van der Waals surface area contributed by atoms with Gasteiger partial charge in [-0.2, -0.15) is 4.68 Å². The molecular formula is C16H23N7O. The van der Waals surface area contributed by atoms with Gasteiger partial charge in [0.2, 0.25) is 5.91 Å². The van der Waals surface area contributed by atoms with Crippen LogP contribution < -0.4 is 16.6 Å². The molecule has 0 aliphatic heterocycles. The lowest BCUT2D eigenvalue weighted by Gasteiger charge is -2.29. The molecule has 0 saturated heterocycles. The van der Waals surface area contributed by atoms with Crippen molar-refractivity contribution in [3.63, 3.8) is 0 Å². The van der Waals surface area contributed by atoms with Crippen molar-refractivity contribution in [2.75, 3.05) is 6.54 Å². The van der Waals surface area contributed by atoms with Gasteiger partial charge in [-0.05, 0) is 48.2 Å². The van der Waals surface area contributed by atoms with Crippen molar-refractivity contribution in [1.29, 1.82) is 0 Å². The smallest absolute Gasteiger partial charge is 0.247 e. The number of hydrogen-bond donors (Lipinski definition) is 3. The number of rotatable bonds is 5. The molecule has 1 fully saturated rings. The molecule has 3 rings (SSSR count). The minimum atomic E-state index is -0.412. The zero-order valence-corrected chi connectivity index (χ0v) is 14.0. The molecule has 8 heteroatoms. The third kappa shape index (κ3) is 2.90. The quantitative estimate of drug-likeness (QED) is 0.421. The number of nitrogens with zero attached hydrogens (tertiary/aromatic N) is 4. The highest BCUT2D eigenvalue weighted by Gasteiger charge is 2.41. The van der Waals surface area contributed by atoms with E-state index in [0.717, 1.165) is 48.3 Å². The van der Waals surface area contributed by atoms with Crippen LogP contribution >= 0.6 is 0 Å². The maximum atomic E-state index is 11.6. The van der Waals surface area contributed by atoms with Gasteiger partial charge >= 0.3 is 0 Å². The molecule has 1 aromatic carbocycles. The number of para-hydroxylation sites is 1. The molecule has 2 aromatic rings. The summed E-state index contributed by atoms with van der Waals surface area (Å²) in [6.45, 7) is 4.23. The largest absolute Gasteiger partial charge is 0.296 e. The lowest BCUT2D eigenvalue weighted by atomic mass is 9.95. The number of carbonyl (C=O) groups excluding carboxylic acids is 1. The summed E-state index contributed by atoms with van der Waals surface area (Å²) >= 11 is 0. The molecule has 1 saturated carbocycles. The Morgan fingerprint density at radius 2 is 1.96 bits per heavy atom. The first-order chi connectivity index (χ1) is 11.6. The fraction of sp³-hybridized carbons (Fsp3) is 0.500. The highest BCUT2D eigenvalue weighted by Crippen LogP contribution is 2.38. The van der Waals surface area contributed by atoms with E-state index in [1.54, 1.807) is 0 Å². The fourth-order valence-electron chi connectivity index (χ4n) is 3.53. The van der Waals surface area contributed by atoms with E-state index in [1.807, 2.05) is 36.7 Å². The summed E-state index contributed by atoms with van der Waals surface area (Å²) < 4.78 is 1.81. The van der Waals surface area contributed by atoms with Gasteiger partial charge in [-0.25, -0.2) is 5.84 Å². The van der Waals surface area contributed by atoms with Crippen molar-refractivity contribution in [2.24, 2.45) is 5.84 Å². The van der Waals surface area contributed by atoms with E-state index >= 15 is 0 Å². The molecule has 8 nitrogen and oxygen atoms in total. The van der Waals surface area contributed by atoms with E-state index in [-0.39, 0.29) is 12.5 Å². The number of benzene rings is 1. The number of nitrogens with two attached hydrogens (primary N) is 1. The molecule has 1 aromatic heterocycles. The van der Waals surface area contributed by atoms with Crippen LogP contribution in [-0.2, 0) is 10.3 Å². The number of hydrogen-bond acceptors (Lipinski definition) is 6. The summed E-state index contributed by atoms with van der Waals surface area (Å²) in [4.78, 5) is 11.6. The second-order valence-corrected chi connectivity index (χ2v) is 6.36. The second kappa shape index (κ2) is 6.66. The molecule has 1 aliphatic carbocycles. The maximum absolute atomic E-state index is 11.6. The first-order valence-electron chi connectivity index (χ1n) is 8.17. The number of aryl methyl sites for hydroxylation is 2. The van der Waals surface area contributed by atoms with Crippen LogP contribution in [0.15, 0.2) is 18.2 Å². The third-order valence-corrected chi connectivity index (χ3v) is 4.75. The number of amides is 1. The molecule has 0 spiro atoms. The number of hydrazine groups is 1. The molecular weight excluding hydrogens is 306 g/mol. The van der Waals surface area contributed by atoms with Gasteiger partial charge in [0.1, 0.15) is 0 Å². The Labute approximate surface area is 140 Å². The van der Waals surface area contributed by atoms with Gasteiger partial charge in [-0.1, -0.05) is 31.0 Å². The van der Waals surface area contributed by atoms with Crippen LogP contribution in [0.4, 0.5) is 0 Å². The second-order valence-electron chi connectivity index (χ2n) is 6.36. The molecule has 0 radical (unpaired) electrons. The Morgan fingerprint density at radius 3 is 2.58 bits per heavy atom. The van der Waals surface area contributed by atoms with E-state index in [9.17, 15) is 4.79 Å². The van der Waals surface area contributed by atoms with Gasteiger partial charge in [0, 0.05) is 0 Å². The van der Waals surface area contributed by atoms with Crippen molar-refractivity contribution in [3.05, 3.63) is 35.2 Å². The fourth-order valence-corrected chi connectivity index (χ4v) is 3.53.